The van der Waals surface area contributed by atoms with E-state index in [2.05, 4.69) is 15.0 Å². The van der Waals surface area contributed by atoms with Crippen LogP contribution in [0.4, 0.5) is 5.69 Å². The molecular weight excluding hydrogens is 400 g/mol. The molecule has 4 rings (SSSR count). The van der Waals surface area contributed by atoms with Gasteiger partial charge in [0.05, 0.1) is 61.8 Å². The van der Waals surface area contributed by atoms with Crippen LogP contribution in [0.3, 0.4) is 0 Å². The van der Waals surface area contributed by atoms with Crippen LogP contribution in [0.5, 0.6) is 11.6 Å². The molecule has 1 amide bonds. The Bertz CT molecular complexity index is 1160. The molecule has 4 heterocycles. The van der Waals surface area contributed by atoms with Gasteiger partial charge in [0.1, 0.15) is 0 Å². The maximum atomic E-state index is 12.9. The summed E-state index contributed by atoms with van der Waals surface area (Å²) in [5.41, 5.74) is 3.30. The first-order valence-corrected chi connectivity index (χ1v) is 9.58. The molecule has 0 radical (unpaired) electrons. The van der Waals surface area contributed by atoms with Crippen molar-refractivity contribution in [1.82, 2.24) is 15.0 Å². The molecule has 0 saturated carbocycles. The number of methoxy groups -OCH3 is 2. The third-order valence-corrected chi connectivity index (χ3v) is 4.83. The highest BCUT2D eigenvalue weighted by Gasteiger charge is 2.31. The zero-order valence-corrected chi connectivity index (χ0v) is 17.3. The van der Waals surface area contributed by atoms with E-state index in [1.807, 2.05) is 0 Å². The summed E-state index contributed by atoms with van der Waals surface area (Å²) in [6.45, 7) is 2.25. The first-order valence-electron chi connectivity index (χ1n) is 9.58. The topological polar surface area (TPSA) is 104 Å². The molecule has 1 aliphatic heterocycles. The van der Waals surface area contributed by atoms with Gasteiger partial charge in [0.15, 0.2) is 5.75 Å². The summed E-state index contributed by atoms with van der Waals surface area (Å²) in [7, 11) is 3.05. The molecule has 9 nitrogen and oxygen atoms in total. The average molecular weight is 420 g/mol. The highest BCUT2D eigenvalue weighted by Crippen LogP contribution is 2.32. The summed E-state index contributed by atoms with van der Waals surface area (Å²) in [6.07, 6.45) is 4.58. The van der Waals surface area contributed by atoms with Crippen LogP contribution >= 0.6 is 0 Å². The molecule has 0 aromatic carbocycles. The molecule has 0 N–H and O–H groups in total. The number of nitrogens with zero attached hydrogens (tertiary/aromatic N) is 4. The quantitative estimate of drug-likeness (QED) is 0.561. The minimum atomic E-state index is -0.484. The molecule has 1 aliphatic rings. The van der Waals surface area contributed by atoms with E-state index < -0.39 is 5.97 Å². The summed E-state index contributed by atoms with van der Waals surface area (Å²) in [6, 6.07) is 6.87. The predicted octanol–water partition coefficient (Wildman–Crippen LogP) is 2.89. The number of rotatable bonds is 6. The van der Waals surface area contributed by atoms with Gasteiger partial charge in [-0.15, -0.1) is 0 Å². The molecule has 158 valence electrons. The number of fused-ring (bicyclic) bond motifs is 1. The second-order valence-electron chi connectivity index (χ2n) is 6.67. The van der Waals surface area contributed by atoms with Crippen molar-refractivity contribution in [2.45, 2.75) is 13.5 Å². The van der Waals surface area contributed by atoms with Crippen molar-refractivity contribution in [3.8, 4) is 22.9 Å². The van der Waals surface area contributed by atoms with Crippen molar-refractivity contribution >= 4 is 17.6 Å². The van der Waals surface area contributed by atoms with Crippen LogP contribution in [-0.2, 0) is 11.3 Å². The summed E-state index contributed by atoms with van der Waals surface area (Å²) in [5, 5.41) is 0. The van der Waals surface area contributed by atoms with Gasteiger partial charge in [-0.05, 0) is 31.2 Å². The predicted molar refractivity (Wildman–Crippen MR) is 111 cm³/mol. The smallest absolute Gasteiger partial charge is 0.339 e. The number of hydrogen-bond acceptors (Lipinski definition) is 8. The maximum absolute atomic E-state index is 12.9. The molecule has 9 heteroatoms. The Morgan fingerprint density at radius 2 is 1.97 bits per heavy atom. The highest BCUT2D eigenvalue weighted by atomic mass is 16.5. The Kier molecular flexibility index (Phi) is 5.48. The van der Waals surface area contributed by atoms with Crippen molar-refractivity contribution in [3.05, 3.63) is 59.7 Å². The van der Waals surface area contributed by atoms with Gasteiger partial charge in [-0.2, -0.15) is 0 Å². The minimum absolute atomic E-state index is 0.206. The van der Waals surface area contributed by atoms with Gasteiger partial charge in [0, 0.05) is 18.0 Å². The zero-order valence-electron chi connectivity index (χ0n) is 17.3. The largest absolute Gasteiger partial charge is 0.491 e. The number of carbonyl (C=O) groups is 2. The summed E-state index contributed by atoms with van der Waals surface area (Å²) in [4.78, 5) is 39.4. The molecular formula is C22H20N4O5. The summed E-state index contributed by atoms with van der Waals surface area (Å²) in [5.74, 6) is 0.175. The number of aromatic nitrogens is 3. The Labute approximate surface area is 178 Å². The molecule has 3 aromatic heterocycles. The van der Waals surface area contributed by atoms with Crippen LogP contribution in [-0.4, -0.2) is 47.7 Å². The summed E-state index contributed by atoms with van der Waals surface area (Å²) < 4.78 is 15.5. The van der Waals surface area contributed by atoms with Crippen molar-refractivity contribution in [2.24, 2.45) is 0 Å². The number of ether oxygens (including phenoxy) is 3. The maximum Gasteiger partial charge on any atom is 0.339 e. The number of esters is 1. The standard InChI is InChI=1S/C22H20N4O5/c1-4-31-22(28)14-7-15(11-23-9-14)26-12-18-16(21(26)27)5-6-17(25-18)13-8-19(29-2)20(30-3)24-10-13/h5-11H,4,12H2,1-3H3. The molecule has 0 fully saturated rings. The summed E-state index contributed by atoms with van der Waals surface area (Å²) >= 11 is 0. The third kappa shape index (κ3) is 3.77. The van der Waals surface area contributed by atoms with Gasteiger partial charge in [-0.3, -0.25) is 14.8 Å². The lowest BCUT2D eigenvalue weighted by Gasteiger charge is -2.15. The van der Waals surface area contributed by atoms with Crippen molar-refractivity contribution < 1.29 is 23.8 Å². The minimum Gasteiger partial charge on any atom is -0.491 e. The number of pyridine rings is 3. The van der Waals surface area contributed by atoms with E-state index in [0.717, 1.165) is 5.56 Å². The van der Waals surface area contributed by atoms with E-state index in [4.69, 9.17) is 14.2 Å². The Morgan fingerprint density at radius 1 is 1.13 bits per heavy atom. The van der Waals surface area contributed by atoms with Gasteiger partial charge in [0.25, 0.3) is 11.8 Å². The lowest BCUT2D eigenvalue weighted by atomic mass is 10.1. The lowest BCUT2D eigenvalue weighted by Crippen LogP contribution is -2.23. The lowest BCUT2D eigenvalue weighted by molar-refractivity contribution is 0.0525. The van der Waals surface area contributed by atoms with Gasteiger partial charge in [0.2, 0.25) is 0 Å². The van der Waals surface area contributed by atoms with Crippen LogP contribution in [0, 0.1) is 0 Å². The van der Waals surface area contributed by atoms with Crippen molar-refractivity contribution in [2.75, 3.05) is 25.7 Å². The SMILES string of the molecule is CCOC(=O)c1cncc(N2Cc3nc(-c4cnc(OC)c(OC)c4)ccc3C2=O)c1. The van der Waals surface area contributed by atoms with Crippen LogP contribution in [0.2, 0.25) is 0 Å². The van der Waals surface area contributed by atoms with Gasteiger partial charge < -0.3 is 19.1 Å². The molecule has 0 atom stereocenters. The van der Waals surface area contributed by atoms with Crippen LogP contribution in [0.15, 0.2) is 42.9 Å². The average Bonchev–Trinajstić information content (AvgIpc) is 3.14. The van der Waals surface area contributed by atoms with Crippen LogP contribution < -0.4 is 14.4 Å². The molecule has 0 bridgehead atoms. The van der Waals surface area contributed by atoms with Crippen LogP contribution in [0.1, 0.15) is 33.3 Å². The third-order valence-electron chi connectivity index (χ3n) is 4.83. The fraction of sp³-hybridized carbons (Fsp3) is 0.227. The zero-order chi connectivity index (χ0) is 22.0. The van der Waals surface area contributed by atoms with E-state index in [9.17, 15) is 9.59 Å². The monoisotopic (exact) mass is 420 g/mol. The van der Waals surface area contributed by atoms with E-state index in [1.54, 1.807) is 37.4 Å². The molecule has 0 spiro atoms. The second kappa shape index (κ2) is 8.39. The fourth-order valence-corrected chi connectivity index (χ4v) is 3.33. The first-order chi connectivity index (χ1) is 15.0. The van der Waals surface area contributed by atoms with E-state index >= 15 is 0 Å². The molecule has 0 unspecified atom stereocenters. The van der Waals surface area contributed by atoms with Crippen LogP contribution in [0.25, 0.3) is 11.3 Å². The molecule has 0 saturated heterocycles. The molecule has 0 aliphatic carbocycles. The highest BCUT2D eigenvalue weighted by molar-refractivity contribution is 6.10. The van der Waals surface area contributed by atoms with Crippen molar-refractivity contribution in [3.63, 3.8) is 0 Å². The Morgan fingerprint density at radius 3 is 2.71 bits per heavy atom. The number of anilines is 1. The number of amides is 1. The van der Waals surface area contributed by atoms with Gasteiger partial charge in [-0.25, -0.2) is 9.78 Å². The van der Waals surface area contributed by atoms with Gasteiger partial charge >= 0.3 is 5.97 Å². The fourth-order valence-electron chi connectivity index (χ4n) is 3.33. The normalized spacial score (nSPS) is 12.5. The Balaban J connectivity index is 1.63. The van der Waals surface area contributed by atoms with E-state index in [1.165, 1.54) is 31.5 Å². The molecule has 31 heavy (non-hydrogen) atoms. The first kappa shape index (κ1) is 20.3. The number of hydrogen-bond donors (Lipinski definition) is 0. The van der Waals surface area contributed by atoms with Crippen molar-refractivity contribution in [1.29, 1.82) is 0 Å². The van der Waals surface area contributed by atoms with E-state index in [0.29, 0.717) is 34.3 Å². The Hall–Kier alpha value is -4.01. The molecule has 3 aromatic rings. The second-order valence-corrected chi connectivity index (χ2v) is 6.67. The van der Waals surface area contributed by atoms with Gasteiger partial charge in [-0.1, -0.05) is 0 Å². The van der Waals surface area contributed by atoms with E-state index in [-0.39, 0.29) is 24.6 Å². The number of carbonyl (C=O) groups excluding carboxylic acids is 2.